The number of benzene rings is 2. The molecule has 0 amide bonds. The number of fused-ring (bicyclic) bond motifs is 3. The minimum Gasteiger partial charge on any atom is -0.469 e. The summed E-state index contributed by atoms with van der Waals surface area (Å²) < 4.78 is 4.88. The van der Waals surface area contributed by atoms with Crippen molar-refractivity contribution in [2.24, 2.45) is 5.92 Å². The second-order valence-corrected chi connectivity index (χ2v) is 9.72. The van der Waals surface area contributed by atoms with Crippen molar-refractivity contribution in [3.05, 3.63) is 70.8 Å². The molecule has 2 fully saturated rings. The Morgan fingerprint density at radius 3 is 2.47 bits per heavy atom. The number of methoxy groups -OCH3 is 1. The summed E-state index contributed by atoms with van der Waals surface area (Å²) in [5, 5.41) is 0. The molecule has 1 saturated carbocycles. The molecule has 0 aromatic heterocycles. The summed E-state index contributed by atoms with van der Waals surface area (Å²) in [7, 11) is 1.50. The fraction of sp³-hybridized carbons (Fsp3) is 0.519. The number of ether oxygens (including phenoxy) is 1. The van der Waals surface area contributed by atoms with Gasteiger partial charge in [-0.15, -0.1) is 0 Å². The molecule has 0 bridgehead atoms. The lowest BCUT2D eigenvalue weighted by Crippen LogP contribution is -2.41. The van der Waals surface area contributed by atoms with Gasteiger partial charge in [0.25, 0.3) is 0 Å². The number of esters is 1. The molecule has 0 radical (unpaired) electrons. The Morgan fingerprint density at radius 2 is 1.70 bits per heavy atom. The molecule has 2 aromatic rings. The normalized spacial score (nSPS) is 26.8. The number of piperidine rings is 1. The van der Waals surface area contributed by atoms with Crippen molar-refractivity contribution >= 4 is 5.97 Å². The van der Waals surface area contributed by atoms with Crippen molar-refractivity contribution in [1.82, 2.24) is 4.90 Å². The second kappa shape index (κ2) is 8.19. The molecule has 0 N–H and O–H groups in total. The first-order valence-electron chi connectivity index (χ1n) is 11.6. The summed E-state index contributed by atoms with van der Waals surface area (Å²) in [5.74, 6) is 0.441. The van der Waals surface area contributed by atoms with Gasteiger partial charge in [0.15, 0.2) is 0 Å². The molecule has 1 spiro atoms. The lowest BCUT2D eigenvalue weighted by atomic mass is 9.73. The third-order valence-electron chi connectivity index (χ3n) is 8.05. The first-order valence-corrected chi connectivity index (χ1v) is 11.6. The number of hydrogen-bond donors (Lipinski definition) is 0. The Bertz CT molecular complexity index is 915. The van der Waals surface area contributed by atoms with Gasteiger partial charge in [0, 0.05) is 17.9 Å². The maximum absolute atomic E-state index is 11.6. The summed E-state index contributed by atoms with van der Waals surface area (Å²) in [6, 6.07) is 19.0. The van der Waals surface area contributed by atoms with E-state index in [9.17, 15) is 4.79 Å². The van der Waals surface area contributed by atoms with E-state index in [1.165, 1.54) is 43.9 Å². The highest BCUT2D eigenvalue weighted by Gasteiger charge is 2.45. The van der Waals surface area contributed by atoms with Gasteiger partial charge in [-0.05, 0) is 86.2 Å². The maximum Gasteiger partial charge on any atom is 0.305 e. The van der Waals surface area contributed by atoms with Gasteiger partial charge in [-0.25, -0.2) is 0 Å². The summed E-state index contributed by atoms with van der Waals surface area (Å²) in [6.45, 7) is 2.25. The summed E-state index contributed by atoms with van der Waals surface area (Å²) in [5.41, 5.74) is 6.46. The van der Waals surface area contributed by atoms with Gasteiger partial charge < -0.3 is 9.64 Å². The van der Waals surface area contributed by atoms with Crippen LogP contribution in [0.4, 0.5) is 0 Å². The van der Waals surface area contributed by atoms with Gasteiger partial charge in [-0.1, -0.05) is 48.5 Å². The fourth-order valence-electron chi connectivity index (χ4n) is 6.42. The predicted octanol–water partition coefficient (Wildman–Crippen LogP) is 4.90. The van der Waals surface area contributed by atoms with Crippen molar-refractivity contribution in [1.29, 1.82) is 0 Å². The van der Waals surface area contributed by atoms with Gasteiger partial charge >= 0.3 is 5.97 Å². The number of likely N-dealkylation sites (tertiary alicyclic amines) is 1. The number of nitrogens with zero attached hydrogens (tertiary/aromatic N) is 1. The molecule has 30 heavy (non-hydrogen) atoms. The Balaban J connectivity index is 1.35. The molecular weight excluding hydrogens is 370 g/mol. The van der Waals surface area contributed by atoms with Crippen LogP contribution in [0.15, 0.2) is 48.5 Å². The molecular formula is C27H33NO2. The van der Waals surface area contributed by atoms with Crippen LogP contribution in [0.1, 0.15) is 60.8 Å². The SMILES string of the molecule is COC(=O)CC1CCN(C2CCC3(Cc4ccccc4Cc4ccccc43)C2)CC1. The Morgan fingerprint density at radius 1 is 1.00 bits per heavy atom. The molecule has 5 rings (SSSR count). The summed E-state index contributed by atoms with van der Waals surface area (Å²) in [4.78, 5) is 14.4. The van der Waals surface area contributed by atoms with Gasteiger partial charge in [0.1, 0.15) is 0 Å². The van der Waals surface area contributed by atoms with E-state index >= 15 is 0 Å². The lowest BCUT2D eigenvalue weighted by molar-refractivity contribution is -0.142. The van der Waals surface area contributed by atoms with E-state index in [1.807, 2.05) is 0 Å². The largest absolute Gasteiger partial charge is 0.469 e. The van der Waals surface area contributed by atoms with Crippen LogP contribution in [-0.4, -0.2) is 37.1 Å². The molecule has 2 aromatic carbocycles. The minimum absolute atomic E-state index is 0.0537. The van der Waals surface area contributed by atoms with E-state index in [2.05, 4.69) is 53.4 Å². The zero-order chi connectivity index (χ0) is 20.6. The van der Waals surface area contributed by atoms with E-state index in [0.29, 0.717) is 18.4 Å². The van der Waals surface area contributed by atoms with Gasteiger partial charge in [-0.2, -0.15) is 0 Å². The minimum atomic E-state index is -0.0537. The van der Waals surface area contributed by atoms with Crippen LogP contribution in [0.2, 0.25) is 0 Å². The van der Waals surface area contributed by atoms with Crippen LogP contribution >= 0.6 is 0 Å². The molecule has 3 aliphatic rings. The van der Waals surface area contributed by atoms with Crippen molar-refractivity contribution in [2.75, 3.05) is 20.2 Å². The van der Waals surface area contributed by atoms with E-state index in [4.69, 9.17) is 4.74 Å². The van der Waals surface area contributed by atoms with Crippen molar-refractivity contribution < 1.29 is 9.53 Å². The number of rotatable bonds is 3. The molecule has 2 atom stereocenters. The van der Waals surface area contributed by atoms with Gasteiger partial charge in [0.05, 0.1) is 7.11 Å². The average molecular weight is 404 g/mol. The van der Waals surface area contributed by atoms with Gasteiger partial charge in [0.2, 0.25) is 0 Å². The predicted molar refractivity (Wildman–Crippen MR) is 120 cm³/mol. The Kier molecular flexibility index (Phi) is 5.41. The van der Waals surface area contributed by atoms with Crippen LogP contribution < -0.4 is 0 Å². The molecule has 3 heteroatoms. The first kappa shape index (κ1) is 19.8. The van der Waals surface area contributed by atoms with Crippen molar-refractivity contribution in [3.63, 3.8) is 0 Å². The number of hydrogen-bond acceptors (Lipinski definition) is 3. The average Bonchev–Trinajstić information content (AvgIpc) is 3.14. The molecule has 3 nitrogen and oxygen atoms in total. The molecule has 2 unspecified atom stereocenters. The summed E-state index contributed by atoms with van der Waals surface area (Å²) in [6.07, 6.45) is 8.91. The van der Waals surface area contributed by atoms with Crippen LogP contribution in [-0.2, 0) is 27.8 Å². The first-order chi connectivity index (χ1) is 14.7. The van der Waals surface area contributed by atoms with E-state index in [-0.39, 0.29) is 11.4 Å². The van der Waals surface area contributed by atoms with E-state index in [0.717, 1.165) is 32.4 Å². The Labute approximate surface area is 180 Å². The standard InChI is InChI=1S/C27H33NO2/c1-30-26(29)16-20-11-14-28(15-12-20)24-10-13-27(19-24)18-23-8-3-2-6-21(23)17-22-7-4-5-9-25(22)27/h2-9,20,24H,10-19H2,1H3. The van der Waals surface area contributed by atoms with Crippen LogP contribution in [0, 0.1) is 5.92 Å². The molecule has 2 aliphatic carbocycles. The smallest absolute Gasteiger partial charge is 0.305 e. The third-order valence-corrected chi connectivity index (χ3v) is 8.05. The monoisotopic (exact) mass is 403 g/mol. The van der Waals surface area contributed by atoms with Crippen LogP contribution in [0.25, 0.3) is 0 Å². The molecule has 1 saturated heterocycles. The highest BCUT2D eigenvalue weighted by molar-refractivity contribution is 5.69. The lowest BCUT2D eigenvalue weighted by Gasteiger charge is -2.37. The zero-order valence-corrected chi connectivity index (χ0v) is 18.1. The number of carbonyl (C=O) groups is 1. The van der Waals surface area contributed by atoms with Gasteiger partial charge in [-0.3, -0.25) is 4.79 Å². The topological polar surface area (TPSA) is 29.5 Å². The third kappa shape index (κ3) is 3.69. The highest BCUT2D eigenvalue weighted by atomic mass is 16.5. The molecule has 158 valence electrons. The van der Waals surface area contributed by atoms with Crippen molar-refractivity contribution in [2.45, 2.75) is 62.8 Å². The maximum atomic E-state index is 11.6. The van der Waals surface area contributed by atoms with Crippen LogP contribution in [0.3, 0.4) is 0 Å². The van der Waals surface area contributed by atoms with E-state index < -0.39 is 0 Å². The number of carbonyl (C=O) groups excluding carboxylic acids is 1. The van der Waals surface area contributed by atoms with E-state index in [1.54, 1.807) is 11.1 Å². The summed E-state index contributed by atoms with van der Waals surface area (Å²) >= 11 is 0. The zero-order valence-electron chi connectivity index (χ0n) is 18.1. The highest BCUT2D eigenvalue weighted by Crippen LogP contribution is 2.49. The van der Waals surface area contributed by atoms with Crippen LogP contribution in [0.5, 0.6) is 0 Å². The van der Waals surface area contributed by atoms with Crippen molar-refractivity contribution in [3.8, 4) is 0 Å². The fourth-order valence-corrected chi connectivity index (χ4v) is 6.42. The quantitative estimate of drug-likeness (QED) is 0.683. The second-order valence-electron chi connectivity index (χ2n) is 9.72. The Hall–Kier alpha value is -2.13. The molecule has 1 heterocycles. The molecule has 1 aliphatic heterocycles.